The van der Waals surface area contributed by atoms with Crippen LogP contribution < -0.4 is 5.32 Å². The van der Waals surface area contributed by atoms with Crippen molar-refractivity contribution in [3.8, 4) is 5.69 Å². The van der Waals surface area contributed by atoms with Gasteiger partial charge in [0.15, 0.2) is 14.9 Å². The summed E-state index contributed by atoms with van der Waals surface area (Å²) in [5, 5.41) is 7.65. The quantitative estimate of drug-likeness (QED) is 0.413. The van der Waals surface area contributed by atoms with E-state index >= 15 is 0 Å². The van der Waals surface area contributed by atoms with Crippen LogP contribution >= 0.6 is 11.6 Å². The number of carbonyl (C=O) groups is 1. The molecule has 0 saturated carbocycles. The molecule has 0 unspecified atom stereocenters. The lowest BCUT2D eigenvalue weighted by Gasteiger charge is -2.18. The van der Waals surface area contributed by atoms with Crippen LogP contribution in [0.25, 0.3) is 16.6 Å². The highest BCUT2D eigenvalue weighted by atomic mass is 35.5. The van der Waals surface area contributed by atoms with Crippen LogP contribution in [0.2, 0.25) is 5.15 Å². The first kappa shape index (κ1) is 22.8. The smallest absolute Gasteiger partial charge is 0.254 e. The predicted molar refractivity (Wildman–Crippen MR) is 122 cm³/mol. The van der Waals surface area contributed by atoms with Gasteiger partial charge >= 0.3 is 0 Å². The number of halogens is 2. The highest BCUT2D eigenvalue weighted by Crippen LogP contribution is 2.25. The number of rotatable bonds is 6. The van der Waals surface area contributed by atoms with E-state index in [4.69, 9.17) is 11.6 Å². The Kier molecular flexibility index (Phi) is 6.13. The van der Waals surface area contributed by atoms with Crippen LogP contribution in [0.5, 0.6) is 0 Å². The zero-order valence-corrected chi connectivity index (χ0v) is 19.2. The van der Waals surface area contributed by atoms with E-state index in [2.05, 4.69) is 20.4 Å². The van der Waals surface area contributed by atoms with E-state index in [1.165, 1.54) is 30.5 Å². The van der Waals surface area contributed by atoms with Gasteiger partial charge in [0.25, 0.3) is 5.91 Å². The summed E-state index contributed by atoms with van der Waals surface area (Å²) in [6.45, 7) is 1.85. The number of nitrogens with zero attached hydrogens (tertiary/aromatic N) is 4. The number of carbonyl (C=O) groups excluding carboxylic acids is 1. The van der Waals surface area contributed by atoms with Crippen LogP contribution in [0.1, 0.15) is 35.3 Å². The van der Waals surface area contributed by atoms with Gasteiger partial charge in [0.05, 0.1) is 35.2 Å². The minimum absolute atomic E-state index is 0.0185. The second-order valence-electron chi connectivity index (χ2n) is 7.42. The molecule has 33 heavy (non-hydrogen) atoms. The molecule has 0 bridgehead atoms. The monoisotopic (exact) mass is 487 g/mol. The SMILES string of the molecule is CC[C@H](NC(=O)c1cncc2c1cnn2-c1ccc(F)cc1)c1cc(Cl)nc(S(C)(=O)=O)c1. The lowest BCUT2D eigenvalue weighted by molar-refractivity contribution is 0.0937. The van der Waals surface area contributed by atoms with Crippen molar-refractivity contribution in [3.63, 3.8) is 0 Å². The maximum Gasteiger partial charge on any atom is 0.254 e. The molecule has 1 N–H and O–H groups in total. The fourth-order valence-corrected chi connectivity index (χ4v) is 4.33. The third-order valence-corrected chi connectivity index (χ3v) is 6.26. The van der Waals surface area contributed by atoms with Crippen molar-refractivity contribution in [2.45, 2.75) is 24.4 Å². The van der Waals surface area contributed by atoms with Gasteiger partial charge in [-0.1, -0.05) is 18.5 Å². The van der Waals surface area contributed by atoms with Crippen LogP contribution in [0.15, 0.2) is 60.0 Å². The van der Waals surface area contributed by atoms with E-state index in [0.717, 1.165) is 6.26 Å². The van der Waals surface area contributed by atoms with Crippen LogP contribution in [0.4, 0.5) is 4.39 Å². The first-order valence-corrected chi connectivity index (χ1v) is 12.2. The molecule has 1 amide bonds. The van der Waals surface area contributed by atoms with Gasteiger partial charge in [-0.2, -0.15) is 5.10 Å². The van der Waals surface area contributed by atoms with E-state index in [1.807, 2.05) is 6.92 Å². The second kappa shape index (κ2) is 8.87. The third kappa shape index (κ3) is 4.71. The normalized spacial score (nSPS) is 12.6. The summed E-state index contributed by atoms with van der Waals surface area (Å²) in [5.41, 5.74) is 2.02. The zero-order chi connectivity index (χ0) is 23.8. The molecule has 1 aromatic carbocycles. The van der Waals surface area contributed by atoms with E-state index < -0.39 is 21.8 Å². The minimum Gasteiger partial charge on any atom is -0.345 e. The van der Waals surface area contributed by atoms with Gasteiger partial charge in [0, 0.05) is 17.8 Å². The Morgan fingerprint density at radius 1 is 1.18 bits per heavy atom. The number of hydrogen-bond acceptors (Lipinski definition) is 6. The fourth-order valence-electron chi connectivity index (χ4n) is 3.45. The molecule has 3 aromatic heterocycles. The first-order valence-electron chi connectivity index (χ1n) is 9.93. The Bertz CT molecular complexity index is 1450. The zero-order valence-electron chi connectivity index (χ0n) is 17.7. The summed E-state index contributed by atoms with van der Waals surface area (Å²) in [4.78, 5) is 21.2. The van der Waals surface area contributed by atoms with Crippen molar-refractivity contribution in [3.05, 3.63) is 77.1 Å². The van der Waals surface area contributed by atoms with Gasteiger partial charge in [0.1, 0.15) is 11.0 Å². The number of pyridine rings is 2. The Labute approximate surface area is 194 Å². The van der Waals surface area contributed by atoms with Crippen molar-refractivity contribution in [2.24, 2.45) is 0 Å². The Hall–Kier alpha value is -3.37. The topological polar surface area (TPSA) is 107 Å². The van der Waals surface area contributed by atoms with Gasteiger partial charge in [-0.05, 0) is 48.4 Å². The molecule has 0 aliphatic heterocycles. The number of nitrogens with one attached hydrogen (secondary N) is 1. The van der Waals surface area contributed by atoms with E-state index in [0.29, 0.717) is 34.1 Å². The molecule has 0 saturated heterocycles. The average Bonchev–Trinajstić information content (AvgIpc) is 3.21. The Balaban J connectivity index is 1.68. The molecule has 0 aliphatic carbocycles. The van der Waals surface area contributed by atoms with Gasteiger partial charge in [-0.15, -0.1) is 0 Å². The number of amides is 1. The lowest BCUT2D eigenvalue weighted by atomic mass is 10.1. The first-order chi connectivity index (χ1) is 15.7. The van der Waals surface area contributed by atoms with Crippen LogP contribution in [-0.2, 0) is 9.84 Å². The van der Waals surface area contributed by atoms with Gasteiger partial charge in [-0.3, -0.25) is 9.78 Å². The standard InChI is InChI=1S/C22H19ClFN5O3S/c1-3-18(13-8-20(23)28-21(9-13)33(2,31)32)27-22(30)17-10-25-12-19-16(17)11-26-29(19)15-6-4-14(24)5-7-15/h4-12,18H,3H2,1-2H3,(H,27,30)/t18-/m0/s1. The highest BCUT2D eigenvalue weighted by Gasteiger charge is 2.21. The van der Waals surface area contributed by atoms with Crippen LogP contribution in [-0.4, -0.2) is 40.3 Å². The molecule has 8 nitrogen and oxygen atoms in total. The summed E-state index contributed by atoms with van der Waals surface area (Å²) in [7, 11) is -3.58. The maximum atomic E-state index is 13.3. The Morgan fingerprint density at radius 2 is 1.91 bits per heavy atom. The molecule has 1 atom stereocenters. The third-order valence-electron chi connectivity index (χ3n) is 5.10. The molecule has 4 aromatic rings. The van der Waals surface area contributed by atoms with E-state index in [9.17, 15) is 17.6 Å². The van der Waals surface area contributed by atoms with Gasteiger partial charge in [0.2, 0.25) is 0 Å². The number of hydrogen-bond donors (Lipinski definition) is 1. The maximum absolute atomic E-state index is 13.3. The number of benzene rings is 1. The summed E-state index contributed by atoms with van der Waals surface area (Å²) in [6, 6.07) is 8.22. The van der Waals surface area contributed by atoms with Gasteiger partial charge in [-0.25, -0.2) is 22.5 Å². The van der Waals surface area contributed by atoms with Crippen molar-refractivity contribution in [2.75, 3.05) is 6.26 Å². The molecular formula is C22H19ClFN5O3S. The number of fused-ring (bicyclic) bond motifs is 1. The molecule has 0 aliphatic rings. The number of sulfone groups is 1. The molecule has 0 radical (unpaired) electrons. The molecule has 0 fully saturated rings. The lowest BCUT2D eigenvalue weighted by Crippen LogP contribution is -2.28. The minimum atomic E-state index is -3.58. The molecule has 4 rings (SSSR count). The molecular weight excluding hydrogens is 469 g/mol. The van der Waals surface area contributed by atoms with E-state index in [1.54, 1.807) is 29.2 Å². The summed E-state index contributed by atoms with van der Waals surface area (Å²) in [5.74, 6) is -0.776. The predicted octanol–water partition coefficient (Wildman–Crippen LogP) is 3.89. The number of aromatic nitrogens is 4. The highest BCUT2D eigenvalue weighted by molar-refractivity contribution is 7.90. The summed E-state index contributed by atoms with van der Waals surface area (Å²) >= 11 is 6.03. The van der Waals surface area contributed by atoms with Crippen molar-refractivity contribution < 1.29 is 17.6 Å². The van der Waals surface area contributed by atoms with Crippen molar-refractivity contribution in [1.29, 1.82) is 0 Å². The van der Waals surface area contributed by atoms with Crippen LogP contribution in [0, 0.1) is 5.82 Å². The van der Waals surface area contributed by atoms with Crippen molar-refractivity contribution >= 4 is 38.2 Å². The molecule has 0 spiro atoms. The molecule has 11 heteroatoms. The largest absolute Gasteiger partial charge is 0.345 e. The summed E-state index contributed by atoms with van der Waals surface area (Å²) < 4.78 is 38.7. The Morgan fingerprint density at radius 3 is 2.58 bits per heavy atom. The van der Waals surface area contributed by atoms with Crippen LogP contribution in [0.3, 0.4) is 0 Å². The molecule has 170 valence electrons. The van der Waals surface area contributed by atoms with E-state index in [-0.39, 0.29) is 16.0 Å². The second-order valence-corrected chi connectivity index (χ2v) is 9.77. The fraction of sp³-hybridized carbons (Fsp3) is 0.182. The van der Waals surface area contributed by atoms with Gasteiger partial charge < -0.3 is 5.32 Å². The molecule has 3 heterocycles. The van der Waals surface area contributed by atoms with Crippen molar-refractivity contribution in [1.82, 2.24) is 25.1 Å². The average molecular weight is 488 g/mol. The summed E-state index contributed by atoms with van der Waals surface area (Å²) in [6.07, 6.45) is 6.07.